The number of halogens is 3. The van der Waals surface area contributed by atoms with Gasteiger partial charge in [-0.3, -0.25) is 4.79 Å². The van der Waals surface area contributed by atoms with Crippen LogP contribution < -0.4 is 4.74 Å². The molecule has 5 rings (SSSR count). The van der Waals surface area contributed by atoms with Crippen LogP contribution in [0.1, 0.15) is 40.2 Å². The third-order valence-corrected chi connectivity index (χ3v) is 6.95. The Kier molecular flexibility index (Phi) is 4.68. The fourth-order valence-corrected chi connectivity index (χ4v) is 5.99. The normalized spacial score (nSPS) is 29.1. The topological polar surface area (TPSA) is 55.8 Å². The summed E-state index contributed by atoms with van der Waals surface area (Å²) in [5, 5.41) is 11.2. The number of carbonyl (C=O) groups excluding carboxylic acids is 1. The van der Waals surface area contributed by atoms with E-state index in [1.54, 1.807) is 12.1 Å². The first-order chi connectivity index (χ1) is 15.1. The summed E-state index contributed by atoms with van der Waals surface area (Å²) in [5.74, 6) is -1.91. The Balaban J connectivity index is 1.55. The Hall–Kier alpha value is -2.80. The van der Waals surface area contributed by atoms with E-state index < -0.39 is 36.3 Å². The average molecular weight is 444 g/mol. The molecule has 0 spiro atoms. The number of alkyl halides is 3. The first-order valence-electron chi connectivity index (χ1n) is 10.6. The summed E-state index contributed by atoms with van der Waals surface area (Å²) in [6.45, 7) is 5.80. The fourth-order valence-electron chi connectivity index (χ4n) is 5.99. The average Bonchev–Trinajstić information content (AvgIpc) is 3.34. The number of rotatable bonds is 3. The highest BCUT2D eigenvalue weighted by atomic mass is 19.4. The lowest BCUT2D eigenvalue weighted by Gasteiger charge is -2.29. The van der Waals surface area contributed by atoms with Gasteiger partial charge in [0.2, 0.25) is 0 Å². The van der Waals surface area contributed by atoms with Crippen molar-refractivity contribution >= 4 is 11.4 Å². The molecular weight excluding hydrogens is 421 g/mol. The molecule has 0 amide bonds. The standard InChI is InChI=1S/C25H23F3O4/c1-11-8-12(2)18(13(3)9-11)20-22(29)19-17-10-15(24(31-17)21(19)23(20)30)14-6-4-5-7-16(14)32-25(26,27)28/h4-9,15,17,19,21,24,30H,10H2,1-3H3/t15-,17-,19-,21+,24+/m0/s1. The highest BCUT2D eigenvalue weighted by Crippen LogP contribution is 2.59. The number of allylic oxidation sites excluding steroid dienone is 1. The Labute approximate surface area is 183 Å². The van der Waals surface area contributed by atoms with E-state index in [0.29, 0.717) is 17.6 Å². The van der Waals surface area contributed by atoms with Crippen LogP contribution in [0.5, 0.6) is 5.75 Å². The molecule has 3 aliphatic rings. The number of para-hydroxylation sites is 1. The number of aliphatic hydroxyl groups is 1. The molecule has 2 saturated heterocycles. The van der Waals surface area contributed by atoms with Gasteiger partial charge in [0.1, 0.15) is 11.5 Å². The molecule has 32 heavy (non-hydrogen) atoms. The highest BCUT2D eigenvalue weighted by Gasteiger charge is 2.63. The van der Waals surface area contributed by atoms with Gasteiger partial charge in [0.25, 0.3) is 0 Å². The van der Waals surface area contributed by atoms with Crippen LogP contribution in [-0.2, 0) is 9.53 Å². The van der Waals surface area contributed by atoms with Crippen LogP contribution in [0.15, 0.2) is 42.2 Å². The monoisotopic (exact) mass is 444 g/mol. The van der Waals surface area contributed by atoms with Crippen molar-refractivity contribution in [1.29, 1.82) is 0 Å². The van der Waals surface area contributed by atoms with E-state index in [1.807, 2.05) is 32.9 Å². The third-order valence-electron chi connectivity index (χ3n) is 6.95. The maximum Gasteiger partial charge on any atom is 0.573 e. The lowest BCUT2D eigenvalue weighted by atomic mass is 9.72. The van der Waals surface area contributed by atoms with Gasteiger partial charge < -0.3 is 14.6 Å². The molecule has 5 atom stereocenters. The van der Waals surface area contributed by atoms with Gasteiger partial charge in [-0.1, -0.05) is 35.9 Å². The smallest absolute Gasteiger partial charge is 0.511 e. The van der Waals surface area contributed by atoms with Crippen molar-refractivity contribution in [3.05, 3.63) is 70.0 Å². The molecule has 168 valence electrons. The summed E-state index contributed by atoms with van der Waals surface area (Å²) in [4.78, 5) is 13.4. The van der Waals surface area contributed by atoms with Gasteiger partial charge in [0, 0.05) is 11.5 Å². The van der Waals surface area contributed by atoms with E-state index in [2.05, 4.69) is 4.74 Å². The zero-order valence-corrected chi connectivity index (χ0v) is 17.9. The SMILES string of the molecule is Cc1cc(C)c(C2=C(O)[C@@H]3[C@@H]4O[C@@H](C[C@H]4c4ccccc4OC(F)(F)F)[C@@H]3C2=O)c(C)c1. The van der Waals surface area contributed by atoms with E-state index in [0.717, 1.165) is 22.3 Å². The molecule has 2 aliphatic heterocycles. The number of hydrogen-bond donors (Lipinski definition) is 1. The third kappa shape index (κ3) is 3.13. The van der Waals surface area contributed by atoms with Crippen LogP contribution in [-0.4, -0.2) is 29.5 Å². The molecule has 1 aliphatic carbocycles. The number of fused-ring (bicyclic) bond motifs is 5. The van der Waals surface area contributed by atoms with Gasteiger partial charge in [-0.05, 0) is 49.9 Å². The molecule has 2 fully saturated rings. The van der Waals surface area contributed by atoms with Gasteiger partial charge in [-0.2, -0.15) is 0 Å². The molecule has 0 unspecified atom stereocenters. The first kappa shape index (κ1) is 21.1. The molecule has 0 saturated carbocycles. The van der Waals surface area contributed by atoms with Gasteiger partial charge in [-0.15, -0.1) is 13.2 Å². The molecule has 7 heteroatoms. The maximum atomic E-state index is 13.4. The molecule has 0 radical (unpaired) electrons. The Morgan fingerprint density at radius 3 is 2.38 bits per heavy atom. The minimum Gasteiger partial charge on any atom is -0.511 e. The summed E-state index contributed by atoms with van der Waals surface area (Å²) in [6.07, 6.45) is -5.44. The molecule has 4 nitrogen and oxygen atoms in total. The van der Waals surface area contributed by atoms with E-state index in [9.17, 15) is 23.1 Å². The van der Waals surface area contributed by atoms with Crippen LogP contribution >= 0.6 is 0 Å². The summed E-state index contributed by atoms with van der Waals surface area (Å²) >= 11 is 0. The maximum absolute atomic E-state index is 13.4. The van der Waals surface area contributed by atoms with Crippen LogP contribution in [0.25, 0.3) is 5.57 Å². The van der Waals surface area contributed by atoms with E-state index >= 15 is 0 Å². The summed E-state index contributed by atoms with van der Waals surface area (Å²) in [6, 6.07) is 9.97. The van der Waals surface area contributed by atoms with Crippen molar-refractivity contribution in [2.45, 2.75) is 51.7 Å². The molecule has 2 aromatic carbocycles. The van der Waals surface area contributed by atoms with E-state index in [4.69, 9.17) is 4.74 Å². The summed E-state index contributed by atoms with van der Waals surface area (Å²) in [7, 11) is 0. The molecular formula is C25H23F3O4. The van der Waals surface area contributed by atoms with E-state index in [-0.39, 0.29) is 17.3 Å². The number of aryl methyl sites for hydroxylation is 3. The Morgan fingerprint density at radius 2 is 1.72 bits per heavy atom. The van der Waals surface area contributed by atoms with Crippen molar-refractivity contribution in [1.82, 2.24) is 0 Å². The quantitative estimate of drug-likeness (QED) is 0.675. The second-order valence-corrected chi connectivity index (χ2v) is 9.02. The predicted molar refractivity (Wildman–Crippen MR) is 111 cm³/mol. The van der Waals surface area contributed by atoms with Crippen LogP contribution in [0.2, 0.25) is 0 Å². The lowest BCUT2D eigenvalue weighted by molar-refractivity contribution is -0.275. The number of benzene rings is 2. The Bertz CT molecular complexity index is 1130. The summed E-state index contributed by atoms with van der Waals surface area (Å²) < 4.78 is 49.1. The van der Waals surface area contributed by atoms with Crippen molar-refractivity contribution in [3.8, 4) is 5.75 Å². The number of Topliss-reactive ketones (excluding diaryl/α,β-unsaturated/α-hetero) is 1. The van der Waals surface area contributed by atoms with Crippen molar-refractivity contribution < 1.29 is 32.5 Å². The zero-order chi connectivity index (χ0) is 22.9. The number of aliphatic hydroxyl groups excluding tert-OH is 1. The highest BCUT2D eigenvalue weighted by molar-refractivity contribution is 6.26. The number of ketones is 1. The Morgan fingerprint density at radius 1 is 1.06 bits per heavy atom. The molecule has 1 N–H and O–H groups in total. The van der Waals surface area contributed by atoms with Gasteiger partial charge in [0.05, 0.1) is 29.6 Å². The van der Waals surface area contributed by atoms with Gasteiger partial charge in [0.15, 0.2) is 5.78 Å². The first-order valence-corrected chi connectivity index (χ1v) is 10.6. The minimum absolute atomic E-state index is 0.0125. The molecule has 2 heterocycles. The number of carbonyl (C=O) groups is 1. The fraction of sp³-hybridized carbons (Fsp3) is 0.400. The van der Waals surface area contributed by atoms with Crippen LogP contribution in [0.3, 0.4) is 0 Å². The van der Waals surface area contributed by atoms with Crippen molar-refractivity contribution in [2.24, 2.45) is 11.8 Å². The van der Waals surface area contributed by atoms with Gasteiger partial charge in [-0.25, -0.2) is 0 Å². The van der Waals surface area contributed by atoms with Crippen molar-refractivity contribution in [2.75, 3.05) is 0 Å². The van der Waals surface area contributed by atoms with Crippen LogP contribution in [0, 0.1) is 32.6 Å². The molecule has 0 aromatic heterocycles. The molecule has 2 aromatic rings. The second kappa shape index (κ2) is 7.10. The van der Waals surface area contributed by atoms with Gasteiger partial charge >= 0.3 is 6.36 Å². The number of hydrogen-bond acceptors (Lipinski definition) is 4. The predicted octanol–water partition coefficient (Wildman–Crippen LogP) is 5.55. The summed E-state index contributed by atoms with van der Waals surface area (Å²) in [5.41, 5.74) is 4.33. The number of ether oxygens (including phenoxy) is 2. The van der Waals surface area contributed by atoms with Crippen LogP contribution in [0.4, 0.5) is 13.2 Å². The van der Waals surface area contributed by atoms with Crippen molar-refractivity contribution in [3.63, 3.8) is 0 Å². The zero-order valence-electron chi connectivity index (χ0n) is 17.9. The van der Waals surface area contributed by atoms with E-state index in [1.165, 1.54) is 12.1 Å². The largest absolute Gasteiger partial charge is 0.573 e. The minimum atomic E-state index is -4.81. The molecule has 2 bridgehead atoms. The lowest BCUT2D eigenvalue weighted by Crippen LogP contribution is -2.34. The second-order valence-electron chi connectivity index (χ2n) is 9.02.